The zero-order valence-electron chi connectivity index (χ0n) is 8.27. The van der Waals surface area contributed by atoms with Gasteiger partial charge in [0.05, 0.1) is 23.8 Å². The van der Waals surface area contributed by atoms with E-state index >= 15 is 0 Å². The van der Waals surface area contributed by atoms with Crippen LogP contribution < -0.4 is 11.5 Å². The van der Waals surface area contributed by atoms with Gasteiger partial charge in [-0.15, -0.1) is 0 Å². The lowest BCUT2D eigenvalue weighted by molar-refractivity contribution is 1.33. The zero-order chi connectivity index (χ0) is 12.0. The molecular weight excluding hydrogens is 247 g/mol. The summed E-state index contributed by atoms with van der Waals surface area (Å²) in [6, 6.07) is 6.71. The fourth-order valence-electron chi connectivity index (χ4n) is 0.775. The SMILES string of the molecule is Nc1ccc(Cl)nc1.Nc1ccc(Cl)nc1. The maximum atomic E-state index is 5.44. The molecule has 0 aliphatic rings. The van der Waals surface area contributed by atoms with E-state index in [-0.39, 0.29) is 0 Å². The number of rotatable bonds is 0. The lowest BCUT2D eigenvalue weighted by atomic mass is 10.4. The molecule has 0 saturated heterocycles. The molecule has 2 aromatic rings. The summed E-state index contributed by atoms with van der Waals surface area (Å²) >= 11 is 10.9. The third kappa shape index (κ3) is 4.82. The first-order valence-corrected chi connectivity index (χ1v) is 5.07. The van der Waals surface area contributed by atoms with Gasteiger partial charge in [0.1, 0.15) is 10.3 Å². The number of nitrogens with zero attached hydrogens (tertiary/aromatic N) is 2. The average molecular weight is 257 g/mol. The number of nitrogen functional groups attached to an aromatic ring is 2. The molecule has 4 nitrogen and oxygen atoms in total. The van der Waals surface area contributed by atoms with E-state index in [0.717, 1.165) is 0 Å². The van der Waals surface area contributed by atoms with E-state index < -0.39 is 0 Å². The third-order valence-electron chi connectivity index (χ3n) is 1.50. The fourth-order valence-corrected chi connectivity index (χ4v) is 0.998. The highest BCUT2D eigenvalue weighted by molar-refractivity contribution is 6.29. The predicted molar refractivity (Wildman–Crippen MR) is 67.3 cm³/mol. The average Bonchev–Trinajstić information content (AvgIpc) is 2.28. The van der Waals surface area contributed by atoms with E-state index in [1.165, 1.54) is 12.4 Å². The first-order chi connectivity index (χ1) is 7.58. The molecule has 0 spiro atoms. The Balaban J connectivity index is 0.000000160. The zero-order valence-corrected chi connectivity index (χ0v) is 9.78. The molecule has 0 saturated carbocycles. The van der Waals surface area contributed by atoms with Gasteiger partial charge in [-0.05, 0) is 24.3 Å². The minimum absolute atomic E-state index is 0.471. The summed E-state index contributed by atoms with van der Waals surface area (Å²) < 4.78 is 0. The van der Waals surface area contributed by atoms with Crippen LogP contribution in [0.1, 0.15) is 0 Å². The van der Waals surface area contributed by atoms with Crippen LogP contribution in [0, 0.1) is 0 Å². The van der Waals surface area contributed by atoms with E-state index in [9.17, 15) is 0 Å². The Morgan fingerprint density at radius 2 is 1.12 bits per heavy atom. The Morgan fingerprint density at radius 3 is 1.31 bits per heavy atom. The van der Waals surface area contributed by atoms with Crippen molar-refractivity contribution in [3.8, 4) is 0 Å². The van der Waals surface area contributed by atoms with Crippen molar-refractivity contribution < 1.29 is 0 Å². The quantitative estimate of drug-likeness (QED) is 0.711. The van der Waals surface area contributed by atoms with Crippen molar-refractivity contribution in [2.24, 2.45) is 0 Å². The summed E-state index contributed by atoms with van der Waals surface area (Å²) in [7, 11) is 0. The Labute approximate surface area is 103 Å². The minimum atomic E-state index is 0.471. The maximum Gasteiger partial charge on any atom is 0.129 e. The molecule has 0 radical (unpaired) electrons. The maximum absolute atomic E-state index is 5.44. The van der Waals surface area contributed by atoms with Crippen molar-refractivity contribution in [2.75, 3.05) is 11.5 Å². The van der Waals surface area contributed by atoms with Crippen LogP contribution in [0.3, 0.4) is 0 Å². The normalized spacial score (nSPS) is 9.12. The van der Waals surface area contributed by atoms with Crippen LogP contribution in [0.15, 0.2) is 36.7 Å². The van der Waals surface area contributed by atoms with E-state index in [1.54, 1.807) is 24.3 Å². The molecule has 0 unspecified atom stereocenters. The molecule has 6 heteroatoms. The summed E-state index contributed by atoms with van der Waals surface area (Å²) in [4.78, 5) is 7.44. The molecule has 16 heavy (non-hydrogen) atoms. The van der Waals surface area contributed by atoms with Crippen molar-refractivity contribution in [3.63, 3.8) is 0 Å². The monoisotopic (exact) mass is 256 g/mol. The Kier molecular flexibility index (Phi) is 4.82. The Bertz CT molecular complexity index is 342. The fraction of sp³-hybridized carbons (Fsp3) is 0. The number of hydrogen-bond acceptors (Lipinski definition) is 4. The number of aromatic nitrogens is 2. The van der Waals surface area contributed by atoms with Crippen molar-refractivity contribution >= 4 is 34.6 Å². The van der Waals surface area contributed by atoms with Gasteiger partial charge < -0.3 is 11.5 Å². The van der Waals surface area contributed by atoms with Gasteiger partial charge >= 0.3 is 0 Å². The highest BCUT2D eigenvalue weighted by atomic mass is 35.5. The second kappa shape index (κ2) is 6.15. The number of anilines is 2. The van der Waals surface area contributed by atoms with E-state index in [1.807, 2.05) is 0 Å². The second-order valence-corrected chi connectivity index (χ2v) is 3.60. The van der Waals surface area contributed by atoms with Crippen LogP contribution in [-0.4, -0.2) is 9.97 Å². The van der Waals surface area contributed by atoms with E-state index in [2.05, 4.69) is 9.97 Å². The summed E-state index contributed by atoms with van der Waals surface area (Å²) in [5, 5.41) is 0.943. The van der Waals surface area contributed by atoms with Gasteiger partial charge in [0.15, 0.2) is 0 Å². The standard InChI is InChI=1S/2C5H5ClN2/c2*6-5-2-1-4(7)3-8-5/h2*1-3H,7H2. The van der Waals surface area contributed by atoms with Gasteiger partial charge in [0.25, 0.3) is 0 Å². The van der Waals surface area contributed by atoms with Gasteiger partial charge in [-0.25, -0.2) is 9.97 Å². The molecule has 0 aliphatic heterocycles. The molecule has 0 aromatic carbocycles. The molecule has 84 valence electrons. The summed E-state index contributed by atoms with van der Waals surface area (Å²) in [5.74, 6) is 0. The van der Waals surface area contributed by atoms with Gasteiger partial charge in [0, 0.05) is 0 Å². The number of halogens is 2. The molecule has 0 aliphatic carbocycles. The van der Waals surface area contributed by atoms with Gasteiger partial charge in [-0.2, -0.15) is 0 Å². The van der Waals surface area contributed by atoms with Crippen LogP contribution >= 0.6 is 23.2 Å². The topological polar surface area (TPSA) is 77.8 Å². The molecule has 2 heterocycles. The van der Waals surface area contributed by atoms with Gasteiger partial charge in [0.2, 0.25) is 0 Å². The Hall–Kier alpha value is -1.52. The van der Waals surface area contributed by atoms with Gasteiger partial charge in [-0.3, -0.25) is 0 Å². The van der Waals surface area contributed by atoms with Crippen molar-refractivity contribution in [3.05, 3.63) is 47.0 Å². The predicted octanol–water partition coefficient (Wildman–Crippen LogP) is 2.63. The molecular formula is C10H10Cl2N4. The van der Waals surface area contributed by atoms with Crippen LogP contribution in [0.5, 0.6) is 0 Å². The van der Waals surface area contributed by atoms with Gasteiger partial charge in [-0.1, -0.05) is 23.2 Å². The number of hydrogen-bond donors (Lipinski definition) is 2. The summed E-state index contributed by atoms with van der Waals surface area (Å²) in [5.41, 5.74) is 11.9. The summed E-state index contributed by atoms with van der Waals surface area (Å²) in [6.45, 7) is 0. The second-order valence-electron chi connectivity index (χ2n) is 2.83. The molecule has 2 rings (SSSR count). The molecule has 0 bridgehead atoms. The first kappa shape index (κ1) is 12.5. The van der Waals surface area contributed by atoms with E-state index in [0.29, 0.717) is 21.7 Å². The lowest BCUT2D eigenvalue weighted by Crippen LogP contribution is -1.83. The largest absolute Gasteiger partial charge is 0.397 e. The van der Waals surface area contributed by atoms with Crippen molar-refractivity contribution in [1.82, 2.24) is 9.97 Å². The molecule has 0 amide bonds. The lowest BCUT2D eigenvalue weighted by Gasteiger charge is -1.87. The third-order valence-corrected chi connectivity index (χ3v) is 1.95. The molecule has 2 aromatic heterocycles. The first-order valence-electron chi connectivity index (χ1n) is 4.32. The summed E-state index contributed by atoms with van der Waals surface area (Å²) in [6.07, 6.45) is 3.03. The number of pyridine rings is 2. The molecule has 0 fully saturated rings. The van der Waals surface area contributed by atoms with Crippen LogP contribution in [0.4, 0.5) is 11.4 Å². The smallest absolute Gasteiger partial charge is 0.129 e. The highest BCUT2D eigenvalue weighted by Crippen LogP contribution is 2.05. The van der Waals surface area contributed by atoms with E-state index in [4.69, 9.17) is 34.7 Å². The van der Waals surface area contributed by atoms with Crippen molar-refractivity contribution in [2.45, 2.75) is 0 Å². The minimum Gasteiger partial charge on any atom is -0.397 e. The highest BCUT2D eigenvalue weighted by Gasteiger charge is 1.84. The molecule has 0 atom stereocenters. The Morgan fingerprint density at radius 1 is 0.750 bits per heavy atom. The van der Waals surface area contributed by atoms with Crippen LogP contribution in [-0.2, 0) is 0 Å². The molecule has 4 N–H and O–H groups in total. The van der Waals surface area contributed by atoms with Crippen LogP contribution in [0.2, 0.25) is 10.3 Å². The van der Waals surface area contributed by atoms with Crippen LogP contribution in [0.25, 0.3) is 0 Å². The van der Waals surface area contributed by atoms with Crippen molar-refractivity contribution in [1.29, 1.82) is 0 Å². The number of nitrogens with two attached hydrogens (primary N) is 2.